The maximum absolute atomic E-state index is 13.7. The van der Waals surface area contributed by atoms with Crippen LogP contribution < -0.4 is 5.06 Å². The SMILES string of the molecule is O=C1[C@@H]2[C@@H](ON(c3ccccc3)[C@H]2c2ccc(-c3cc(Cl)ccc3Cl)o2)C(=O)N1Cc1ccccc1. The van der Waals surface area contributed by atoms with Crippen LogP contribution in [-0.2, 0) is 21.0 Å². The van der Waals surface area contributed by atoms with Gasteiger partial charge in [0.05, 0.1) is 17.3 Å². The van der Waals surface area contributed by atoms with Crippen molar-refractivity contribution in [2.75, 3.05) is 5.06 Å². The molecule has 3 aromatic carbocycles. The molecule has 3 atom stereocenters. The number of para-hydroxylation sites is 1. The van der Waals surface area contributed by atoms with Crippen LogP contribution >= 0.6 is 23.2 Å². The minimum atomic E-state index is -0.949. The fraction of sp³-hybridized carbons (Fsp3) is 0.143. The van der Waals surface area contributed by atoms with E-state index in [-0.39, 0.29) is 18.4 Å². The first kappa shape index (κ1) is 22.9. The molecule has 36 heavy (non-hydrogen) atoms. The van der Waals surface area contributed by atoms with Gasteiger partial charge in [-0.2, -0.15) is 0 Å². The first-order valence-electron chi connectivity index (χ1n) is 11.5. The van der Waals surface area contributed by atoms with Gasteiger partial charge in [0.2, 0.25) is 5.91 Å². The molecule has 2 amide bonds. The third-order valence-electron chi connectivity index (χ3n) is 6.51. The molecule has 1 aromatic heterocycles. The van der Waals surface area contributed by atoms with Crippen LogP contribution in [0.2, 0.25) is 10.0 Å². The Bertz CT molecular complexity index is 1440. The second-order valence-corrected chi connectivity index (χ2v) is 9.58. The summed E-state index contributed by atoms with van der Waals surface area (Å²) in [4.78, 5) is 34.4. The van der Waals surface area contributed by atoms with Crippen molar-refractivity contribution in [1.82, 2.24) is 4.90 Å². The maximum Gasteiger partial charge on any atom is 0.262 e. The van der Waals surface area contributed by atoms with Gasteiger partial charge in [-0.25, -0.2) is 5.06 Å². The molecule has 6 nitrogen and oxygen atoms in total. The standard InChI is InChI=1S/C28H20Cl2N2O4/c29-18-11-12-21(30)20(15-18)22-13-14-23(35-22)25-24-26(36-32(25)19-9-5-2-6-10-19)28(34)31(27(24)33)16-17-7-3-1-4-8-17/h1-15,24-26H,16H2/t24-,25-,26+/m0/s1. The van der Waals surface area contributed by atoms with Gasteiger partial charge in [0.15, 0.2) is 6.10 Å². The van der Waals surface area contributed by atoms with E-state index in [0.717, 1.165) is 5.56 Å². The number of hydrogen-bond acceptors (Lipinski definition) is 5. The number of imide groups is 1. The molecular weight excluding hydrogens is 499 g/mol. The number of halogens is 2. The molecule has 2 saturated heterocycles. The fourth-order valence-corrected chi connectivity index (χ4v) is 5.21. The Morgan fingerprint density at radius 2 is 1.53 bits per heavy atom. The molecule has 4 aromatic rings. The van der Waals surface area contributed by atoms with Gasteiger partial charge < -0.3 is 4.42 Å². The Labute approximate surface area is 217 Å². The van der Waals surface area contributed by atoms with Crippen LogP contribution in [0.1, 0.15) is 17.4 Å². The van der Waals surface area contributed by atoms with Crippen LogP contribution in [0.25, 0.3) is 11.3 Å². The van der Waals surface area contributed by atoms with Crippen molar-refractivity contribution >= 4 is 40.7 Å². The first-order valence-corrected chi connectivity index (χ1v) is 12.2. The van der Waals surface area contributed by atoms with Crippen LogP contribution in [0.3, 0.4) is 0 Å². The highest BCUT2D eigenvalue weighted by Crippen LogP contribution is 2.48. The molecule has 2 fully saturated rings. The number of benzene rings is 3. The van der Waals surface area contributed by atoms with Gasteiger partial charge in [-0.05, 0) is 48.0 Å². The van der Waals surface area contributed by atoms with E-state index in [1.165, 1.54) is 4.90 Å². The molecule has 180 valence electrons. The number of anilines is 1. The molecule has 0 aliphatic carbocycles. The number of nitrogens with zero attached hydrogens (tertiary/aromatic N) is 2. The Balaban J connectivity index is 1.39. The number of hydrogen-bond donors (Lipinski definition) is 0. The zero-order valence-electron chi connectivity index (χ0n) is 18.9. The summed E-state index contributed by atoms with van der Waals surface area (Å²) in [5.41, 5.74) is 2.22. The number of amides is 2. The van der Waals surface area contributed by atoms with Crippen molar-refractivity contribution < 1.29 is 18.8 Å². The van der Waals surface area contributed by atoms with E-state index in [4.69, 9.17) is 32.5 Å². The molecule has 3 heterocycles. The summed E-state index contributed by atoms with van der Waals surface area (Å²) in [5.74, 6) is -0.430. The average Bonchev–Trinajstić information content (AvgIpc) is 3.59. The Morgan fingerprint density at radius 3 is 2.28 bits per heavy atom. The summed E-state index contributed by atoms with van der Waals surface area (Å²) in [6.45, 7) is 0.189. The van der Waals surface area contributed by atoms with E-state index < -0.39 is 18.1 Å². The third-order valence-corrected chi connectivity index (χ3v) is 7.08. The minimum Gasteiger partial charge on any atom is -0.459 e. The summed E-state index contributed by atoms with van der Waals surface area (Å²) < 4.78 is 6.24. The highest BCUT2D eigenvalue weighted by atomic mass is 35.5. The van der Waals surface area contributed by atoms with Crippen LogP contribution in [0.4, 0.5) is 5.69 Å². The van der Waals surface area contributed by atoms with Gasteiger partial charge in [-0.15, -0.1) is 0 Å². The lowest BCUT2D eigenvalue weighted by Gasteiger charge is -2.27. The molecule has 0 saturated carbocycles. The number of fused-ring (bicyclic) bond motifs is 1. The molecule has 8 heteroatoms. The number of carbonyl (C=O) groups excluding carboxylic acids is 2. The summed E-state index contributed by atoms with van der Waals surface area (Å²) in [6, 6.07) is 26.8. The van der Waals surface area contributed by atoms with Crippen molar-refractivity contribution in [3.05, 3.63) is 112 Å². The van der Waals surface area contributed by atoms with Crippen molar-refractivity contribution in [2.24, 2.45) is 5.92 Å². The smallest absolute Gasteiger partial charge is 0.262 e. The maximum atomic E-state index is 13.7. The second kappa shape index (κ2) is 9.13. The van der Waals surface area contributed by atoms with E-state index in [1.54, 1.807) is 35.4 Å². The highest BCUT2D eigenvalue weighted by Gasteiger charge is 2.60. The topological polar surface area (TPSA) is 63.0 Å². The molecule has 0 bridgehead atoms. The summed E-state index contributed by atoms with van der Waals surface area (Å²) in [6.07, 6.45) is -0.949. The lowest BCUT2D eigenvalue weighted by molar-refractivity contribution is -0.143. The van der Waals surface area contributed by atoms with Gasteiger partial charge in [0.25, 0.3) is 5.91 Å². The van der Waals surface area contributed by atoms with Crippen LogP contribution in [0, 0.1) is 5.92 Å². The van der Waals surface area contributed by atoms with Crippen molar-refractivity contribution in [1.29, 1.82) is 0 Å². The van der Waals surface area contributed by atoms with Gasteiger partial charge in [0.1, 0.15) is 23.5 Å². The average molecular weight is 519 g/mol. The highest BCUT2D eigenvalue weighted by molar-refractivity contribution is 6.35. The van der Waals surface area contributed by atoms with Crippen molar-refractivity contribution in [3.8, 4) is 11.3 Å². The number of likely N-dealkylation sites (tertiary alicyclic amines) is 1. The quantitative estimate of drug-likeness (QED) is 0.290. The van der Waals surface area contributed by atoms with E-state index in [0.29, 0.717) is 32.8 Å². The van der Waals surface area contributed by atoms with Crippen molar-refractivity contribution in [3.63, 3.8) is 0 Å². The van der Waals surface area contributed by atoms with E-state index in [1.807, 2.05) is 60.7 Å². The molecule has 0 radical (unpaired) electrons. The largest absolute Gasteiger partial charge is 0.459 e. The van der Waals surface area contributed by atoms with Crippen LogP contribution in [0.5, 0.6) is 0 Å². The zero-order valence-corrected chi connectivity index (χ0v) is 20.4. The molecule has 2 aliphatic rings. The molecule has 0 spiro atoms. The molecule has 0 N–H and O–H groups in total. The molecule has 6 rings (SSSR count). The minimum absolute atomic E-state index is 0.189. The summed E-state index contributed by atoms with van der Waals surface area (Å²) in [5, 5.41) is 2.62. The fourth-order valence-electron chi connectivity index (χ4n) is 4.82. The van der Waals surface area contributed by atoms with Gasteiger partial charge in [-0.3, -0.25) is 19.3 Å². The van der Waals surface area contributed by atoms with Crippen LogP contribution in [-0.4, -0.2) is 22.8 Å². The third kappa shape index (κ3) is 3.88. The lowest BCUT2D eigenvalue weighted by atomic mass is 9.94. The second-order valence-electron chi connectivity index (χ2n) is 8.73. The Kier molecular flexibility index (Phi) is 5.80. The van der Waals surface area contributed by atoms with E-state index in [9.17, 15) is 9.59 Å². The Hall–Kier alpha value is -3.58. The number of rotatable bonds is 5. The monoisotopic (exact) mass is 518 g/mol. The Morgan fingerprint density at radius 1 is 0.806 bits per heavy atom. The van der Waals surface area contributed by atoms with Gasteiger partial charge in [0, 0.05) is 10.6 Å². The predicted molar refractivity (Wildman–Crippen MR) is 136 cm³/mol. The number of furan rings is 1. The van der Waals surface area contributed by atoms with Gasteiger partial charge in [-0.1, -0.05) is 71.7 Å². The van der Waals surface area contributed by atoms with Crippen LogP contribution in [0.15, 0.2) is 95.4 Å². The van der Waals surface area contributed by atoms with Crippen molar-refractivity contribution in [2.45, 2.75) is 18.7 Å². The van der Waals surface area contributed by atoms with E-state index in [2.05, 4.69) is 0 Å². The van der Waals surface area contributed by atoms with E-state index >= 15 is 0 Å². The number of hydroxylamine groups is 1. The summed E-state index contributed by atoms with van der Waals surface area (Å²) in [7, 11) is 0. The lowest BCUT2D eigenvalue weighted by Crippen LogP contribution is -2.36. The van der Waals surface area contributed by atoms with Gasteiger partial charge >= 0.3 is 0 Å². The molecule has 2 aliphatic heterocycles. The molecule has 0 unspecified atom stereocenters. The normalized spacial score (nSPS) is 21.3. The summed E-state index contributed by atoms with van der Waals surface area (Å²) >= 11 is 12.6. The first-order chi connectivity index (χ1) is 17.5. The predicted octanol–water partition coefficient (Wildman–Crippen LogP) is 6.30. The number of carbonyl (C=O) groups is 2. The molecular formula is C28H20Cl2N2O4. The zero-order chi connectivity index (χ0) is 24.8.